The van der Waals surface area contributed by atoms with E-state index in [-0.39, 0.29) is 5.54 Å². The van der Waals surface area contributed by atoms with Gasteiger partial charge in [0.15, 0.2) is 0 Å². The molecule has 1 saturated heterocycles. The molecular formula is C8H19N3. The molecule has 0 aromatic heterocycles. The van der Waals surface area contributed by atoms with Gasteiger partial charge in [0.05, 0.1) is 0 Å². The van der Waals surface area contributed by atoms with Crippen molar-refractivity contribution in [3.05, 3.63) is 0 Å². The molecule has 0 aromatic carbocycles. The smallest absolute Gasteiger partial charge is 0.0430 e. The van der Waals surface area contributed by atoms with Crippen LogP contribution in [0.1, 0.15) is 19.8 Å². The molecule has 66 valence electrons. The predicted molar refractivity (Wildman–Crippen MR) is 47.6 cm³/mol. The van der Waals surface area contributed by atoms with Crippen molar-refractivity contribution in [2.45, 2.75) is 25.3 Å². The summed E-state index contributed by atoms with van der Waals surface area (Å²) < 4.78 is 0. The van der Waals surface area contributed by atoms with Crippen LogP contribution in [-0.2, 0) is 0 Å². The van der Waals surface area contributed by atoms with Gasteiger partial charge in [-0.15, -0.1) is 0 Å². The van der Waals surface area contributed by atoms with Crippen LogP contribution in [0.15, 0.2) is 0 Å². The van der Waals surface area contributed by atoms with E-state index in [4.69, 9.17) is 5.73 Å². The normalized spacial score (nSPS) is 32.2. The van der Waals surface area contributed by atoms with E-state index in [0.29, 0.717) is 0 Å². The summed E-state index contributed by atoms with van der Waals surface area (Å²) in [4.78, 5) is 0. The average Bonchev–Trinajstić information content (AvgIpc) is 2.07. The number of nitrogens with one attached hydrogen (secondary N) is 2. The molecule has 0 aromatic rings. The topological polar surface area (TPSA) is 50.1 Å². The van der Waals surface area contributed by atoms with Crippen LogP contribution < -0.4 is 16.4 Å². The molecule has 3 nitrogen and oxygen atoms in total. The minimum Gasteiger partial charge on any atom is -0.329 e. The van der Waals surface area contributed by atoms with E-state index in [1.54, 1.807) is 0 Å². The lowest BCUT2D eigenvalue weighted by molar-refractivity contribution is 0.260. The molecule has 0 saturated carbocycles. The number of nitrogens with two attached hydrogens (primary N) is 1. The van der Waals surface area contributed by atoms with Gasteiger partial charge in [0, 0.05) is 18.6 Å². The number of hydrogen-bond acceptors (Lipinski definition) is 3. The Balaban J connectivity index is 2.42. The highest BCUT2D eigenvalue weighted by Gasteiger charge is 2.28. The zero-order valence-corrected chi connectivity index (χ0v) is 7.32. The second kappa shape index (κ2) is 4.04. The second-order valence-corrected chi connectivity index (χ2v) is 3.30. The molecule has 1 unspecified atom stereocenters. The van der Waals surface area contributed by atoms with Crippen LogP contribution >= 0.6 is 0 Å². The number of hydrogen-bond donors (Lipinski definition) is 3. The zero-order chi connectivity index (χ0) is 8.16. The van der Waals surface area contributed by atoms with Crippen LogP contribution in [0.5, 0.6) is 0 Å². The Bertz CT molecular complexity index is 102. The van der Waals surface area contributed by atoms with Gasteiger partial charge in [-0.05, 0) is 25.9 Å². The molecule has 1 aliphatic heterocycles. The monoisotopic (exact) mass is 157 g/mol. The number of piperidine rings is 1. The van der Waals surface area contributed by atoms with Gasteiger partial charge >= 0.3 is 0 Å². The Labute approximate surface area is 68.7 Å². The van der Waals surface area contributed by atoms with Crippen molar-refractivity contribution in [3.8, 4) is 0 Å². The molecule has 1 rings (SSSR count). The molecular weight excluding hydrogens is 138 g/mol. The van der Waals surface area contributed by atoms with Gasteiger partial charge in [0.2, 0.25) is 0 Å². The van der Waals surface area contributed by atoms with Gasteiger partial charge in [-0.25, -0.2) is 0 Å². The van der Waals surface area contributed by atoms with E-state index in [0.717, 1.165) is 26.2 Å². The highest BCUT2D eigenvalue weighted by Crippen LogP contribution is 2.13. The fourth-order valence-corrected chi connectivity index (χ4v) is 1.74. The summed E-state index contributed by atoms with van der Waals surface area (Å²) >= 11 is 0. The Kier molecular flexibility index (Phi) is 3.30. The minimum atomic E-state index is 0.188. The molecule has 1 heterocycles. The minimum absolute atomic E-state index is 0.188. The van der Waals surface area contributed by atoms with Crippen molar-refractivity contribution in [2.75, 3.05) is 26.2 Å². The molecule has 0 amide bonds. The molecule has 1 aliphatic rings. The lowest BCUT2D eigenvalue weighted by atomic mass is 9.90. The zero-order valence-electron chi connectivity index (χ0n) is 7.32. The molecule has 0 bridgehead atoms. The fraction of sp³-hybridized carbons (Fsp3) is 1.00. The van der Waals surface area contributed by atoms with Crippen LogP contribution in [-0.4, -0.2) is 31.7 Å². The number of likely N-dealkylation sites (N-methyl/N-ethyl adjacent to an activating group) is 1. The highest BCUT2D eigenvalue weighted by molar-refractivity contribution is 4.93. The van der Waals surface area contributed by atoms with Crippen molar-refractivity contribution in [3.63, 3.8) is 0 Å². The molecule has 3 heteroatoms. The third-order valence-electron chi connectivity index (χ3n) is 2.41. The Hall–Kier alpha value is -0.120. The van der Waals surface area contributed by atoms with E-state index in [2.05, 4.69) is 17.6 Å². The van der Waals surface area contributed by atoms with E-state index < -0.39 is 0 Å². The Morgan fingerprint density at radius 3 is 2.91 bits per heavy atom. The maximum absolute atomic E-state index is 5.72. The Morgan fingerprint density at radius 1 is 1.64 bits per heavy atom. The first kappa shape index (κ1) is 8.97. The first-order valence-electron chi connectivity index (χ1n) is 4.49. The van der Waals surface area contributed by atoms with Gasteiger partial charge in [0.25, 0.3) is 0 Å². The number of rotatable bonds is 3. The van der Waals surface area contributed by atoms with Crippen LogP contribution in [0.2, 0.25) is 0 Å². The molecule has 1 fully saturated rings. The van der Waals surface area contributed by atoms with Gasteiger partial charge in [-0.1, -0.05) is 6.92 Å². The van der Waals surface area contributed by atoms with Gasteiger partial charge in [-0.3, -0.25) is 0 Å². The summed E-state index contributed by atoms with van der Waals surface area (Å²) in [6, 6.07) is 0. The first-order chi connectivity index (χ1) is 5.33. The summed E-state index contributed by atoms with van der Waals surface area (Å²) in [5, 5.41) is 6.83. The summed E-state index contributed by atoms with van der Waals surface area (Å²) in [6.45, 7) is 6.06. The molecule has 0 aliphatic carbocycles. The van der Waals surface area contributed by atoms with Gasteiger partial charge in [0.1, 0.15) is 0 Å². The quantitative estimate of drug-likeness (QED) is 0.526. The molecule has 0 radical (unpaired) electrons. The lowest BCUT2D eigenvalue weighted by Crippen LogP contribution is -2.60. The largest absolute Gasteiger partial charge is 0.329 e. The summed E-state index contributed by atoms with van der Waals surface area (Å²) in [5.41, 5.74) is 5.91. The van der Waals surface area contributed by atoms with Crippen molar-refractivity contribution in [1.82, 2.24) is 10.6 Å². The molecule has 11 heavy (non-hydrogen) atoms. The maximum Gasteiger partial charge on any atom is 0.0430 e. The van der Waals surface area contributed by atoms with Crippen LogP contribution in [0.4, 0.5) is 0 Å². The summed E-state index contributed by atoms with van der Waals surface area (Å²) in [5.74, 6) is 0. The average molecular weight is 157 g/mol. The first-order valence-corrected chi connectivity index (χ1v) is 4.49. The maximum atomic E-state index is 5.72. The standard InChI is InChI=1S/C8H19N3/c1-2-11-8(6-9)4-3-5-10-7-8/h10-11H,2-7,9H2,1H3. The summed E-state index contributed by atoms with van der Waals surface area (Å²) in [7, 11) is 0. The van der Waals surface area contributed by atoms with Crippen molar-refractivity contribution < 1.29 is 0 Å². The van der Waals surface area contributed by atoms with E-state index in [1.165, 1.54) is 12.8 Å². The summed E-state index contributed by atoms with van der Waals surface area (Å²) in [6.07, 6.45) is 2.45. The van der Waals surface area contributed by atoms with E-state index >= 15 is 0 Å². The van der Waals surface area contributed by atoms with Crippen molar-refractivity contribution >= 4 is 0 Å². The van der Waals surface area contributed by atoms with E-state index in [9.17, 15) is 0 Å². The highest BCUT2D eigenvalue weighted by atomic mass is 15.1. The molecule has 0 spiro atoms. The third-order valence-corrected chi connectivity index (χ3v) is 2.41. The third kappa shape index (κ3) is 2.15. The van der Waals surface area contributed by atoms with Crippen LogP contribution in [0.25, 0.3) is 0 Å². The Morgan fingerprint density at radius 2 is 2.45 bits per heavy atom. The fourth-order valence-electron chi connectivity index (χ4n) is 1.74. The lowest BCUT2D eigenvalue weighted by Gasteiger charge is -2.37. The van der Waals surface area contributed by atoms with Crippen LogP contribution in [0.3, 0.4) is 0 Å². The van der Waals surface area contributed by atoms with Crippen molar-refractivity contribution in [1.29, 1.82) is 0 Å². The van der Waals surface area contributed by atoms with Crippen molar-refractivity contribution in [2.24, 2.45) is 5.73 Å². The SMILES string of the molecule is CCNC1(CN)CCCNC1. The van der Waals surface area contributed by atoms with E-state index in [1.807, 2.05) is 0 Å². The van der Waals surface area contributed by atoms with Crippen LogP contribution in [0, 0.1) is 0 Å². The predicted octanol–water partition coefficient (Wildman–Crippen LogP) is -0.323. The van der Waals surface area contributed by atoms with Gasteiger partial charge < -0.3 is 16.4 Å². The molecule has 1 atom stereocenters. The second-order valence-electron chi connectivity index (χ2n) is 3.30. The molecule has 4 N–H and O–H groups in total. The van der Waals surface area contributed by atoms with Gasteiger partial charge in [-0.2, -0.15) is 0 Å².